The van der Waals surface area contributed by atoms with E-state index < -0.39 is 17.8 Å². The van der Waals surface area contributed by atoms with Gasteiger partial charge in [0.2, 0.25) is 0 Å². The monoisotopic (exact) mass is 301 g/mol. The first kappa shape index (κ1) is 15.1. The minimum absolute atomic E-state index is 0.0808. The van der Waals surface area contributed by atoms with E-state index in [0.717, 1.165) is 37.3 Å². The maximum Gasteiger partial charge on any atom is 0.441 e. The van der Waals surface area contributed by atoms with Gasteiger partial charge in [0.05, 0.1) is 6.04 Å². The summed E-state index contributed by atoms with van der Waals surface area (Å²) in [7, 11) is 0. The third-order valence-electron chi connectivity index (χ3n) is 3.46. The van der Waals surface area contributed by atoms with Gasteiger partial charge in [-0.1, -0.05) is 11.6 Å². The van der Waals surface area contributed by atoms with Crippen molar-refractivity contribution in [3.63, 3.8) is 0 Å². The van der Waals surface area contributed by atoms with Crippen LogP contribution in [0, 0.1) is 0 Å². The Balaban J connectivity index is 1.88. The van der Waals surface area contributed by atoms with Gasteiger partial charge in [-0.2, -0.15) is 11.8 Å². The van der Waals surface area contributed by atoms with Gasteiger partial charge in [-0.25, -0.2) is 4.79 Å². The second kappa shape index (κ2) is 6.94. The molecule has 8 heteroatoms. The molecule has 2 heterocycles. The van der Waals surface area contributed by atoms with Crippen LogP contribution in [-0.2, 0) is 11.2 Å². The SMILES string of the molecule is N[C@H](CCSCC1CCCCc2noc(=O)n21)C(=O)O. The molecule has 2 atom stereocenters. The quantitative estimate of drug-likeness (QED) is 0.741. The van der Waals surface area contributed by atoms with Gasteiger partial charge >= 0.3 is 11.7 Å². The highest BCUT2D eigenvalue weighted by atomic mass is 32.2. The zero-order valence-corrected chi connectivity index (χ0v) is 12.0. The van der Waals surface area contributed by atoms with E-state index in [9.17, 15) is 9.59 Å². The molecule has 0 aliphatic carbocycles. The van der Waals surface area contributed by atoms with E-state index in [1.54, 1.807) is 16.3 Å². The first-order valence-electron chi connectivity index (χ1n) is 6.73. The van der Waals surface area contributed by atoms with Crippen LogP contribution in [0.15, 0.2) is 9.32 Å². The minimum Gasteiger partial charge on any atom is -0.480 e. The second-order valence-electron chi connectivity index (χ2n) is 4.94. The number of hydrogen-bond donors (Lipinski definition) is 2. The topological polar surface area (TPSA) is 111 Å². The molecular weight excluding hydrogens is 282 g/mol. The van der Waals surface area contributed by atoms with Crippen LogP contribution in [0.25, 0.3) is 0 Å². The predicted molar refractivity (Wildman–Crippen MR) is 74.9 cm³/mol. The number of fused-ring (bicyclic) bond motifs is 1. The number of aryl methyl sites for hydroxylation is 1. The summed E-state index contributed by atoms with van der Waals surface area (Å²) in [4.78, 5) is 22.3. The Morgan fingerprint density at radius 3 is 3.15 bits per heavy atom. The average Bonchev–Trinajstić information content (AvgIpc) is 2.66. The summed E-state index contributed by atoms with van der Waals surface area (Å²) in [5.74, 6) is 0.771. The Hall–Kier alpha value is -1.28. The smallest absolute Gasteiger partial charge is 0.441 e. The fraction of sp³-hybridized carbons (Fsp3) is 0.750. The van der Waals surface area contributed by atoms with Crippen LogP contribution in [0.3, 0.4) is 0 Å². The molecule has 0 radical (unpaired) electrons. The summed E-state index contributed by atoms with van der Waals surface area (Å²) in [5, 5.41) is 12.5. The highest BCUT2D eigenvalue weighted by Crippen LogP contribution is 2.25. The van der Waals surface area contributed by atoms with Crippen LogP contribution >= 0.6 is 11.8 Å². The molecule has 1 aromatic heterocycles. The van der Waals surface area contributed by atoms with Crippen molar-refractivity contribution in [3.05, 3.63) is 16.4 Å². The number of hydrogen-bond acceptors (Lipinski definition) is 6. The summed E-state index contributed by atoms with van der Waals surface area (Å²) in [6.45, 7) is 0. The summed E-state index contributed by atoms with van der Waals surface area (Å²) >= 11 is 1.62. The number of carboxylic acids is 1. The number of nitrogens with two attached hydrogens (primary N) is 1. The lowest BCUT2D eigenvalue weighted by atomic mass is 10.1. The third kappa shape index (κ3) is 3.63. The standard InChI is InChI=1S/C12H19N3O4S/c13-9(11(16)17)5-6-20-7-8-3-1-2-4-10-14-19-12(18)15(8)10/h8-9H,1-7,13H2,(H,16,17)/t8?,9-/m1/s1. The molecule has 0 saturated carbocycles. The Kier molecular flexibility index (Phi) is 5.24. The van der Waals surface area contributed by atoms with Crippen molar-refractivity contribution in [1.29, 1.82) is 0 Å². The maximum absolute atomic E-state index is 11.7. The molecule has 0 aromatic carbocycles. The second-order valence-corrected chi connectivity index (χ2v) is 6.09. The molecule has 1 aromatic rings. The normalized spacial score (nSPS) is 20.1. The molecule has 1 aliphatic heterocycles. The highest BCUT2D eigenvalue weighted by Gasteiger charge is 2.23. The van der Waals surface area contributed by atoms with E-state index in [1.807, 2.05) is 0 Å². The molecule has 0 bridgehead atoms. The number of aliphatic carboxylic acids is 1. The van der Waals surface area contributed by atoms with Crippen molar-refractivity contribution in [3.8, 4) is 0 Å². The van der Waals surface area contributed by atoms with Crippen molar-refractivity contribution < 1.29 is 14.4 Å². The molecule has 2 rings (SSSR count). The van der Waals surface area contributed by atoms with E-state index in [1.165, 1.54) is 0 Å². The number of carboxylic acid groups (broad SMARTS) is 1. The minimum atomic E-state index is -0.974. The van der Waals surface area contributed by atoms with Crippen molar-refractivity contribution in [2.45, 2.75) is 44.2 Å². The molecule has 7 nitrogen and oxygen atoms in total. The zero-order valence-electron chi connectivity index (χ0n) is 11.2. The van der Waals surface area contributed by atoms with Crippen LogP contribution in [0.4, 0.5) is 0 Å². The van der Waals surface area contributed by atoms with E-state index in [4.69, 9.17) is 15.4 Å². The number of thioether (sulfide) groups is 1. The molecule has 0 fully saturated rings. The van der Waals surface area contributed by atoms with Crippen LogP contribution < -0.4 is 11.5 Å². The third-order valence-corrected chi connectivity index (χ3v) is 4.60. The van der Waals surface area contributed by atoms with Gasteiger partial charge in [0.15, 0.2) is 5.82 Å². The summed E-state index contributed by atoms with van der Waals surface area (Å²) in [6, 6.07) is -0.734. The van der Waals surface area contributed by atoms with E-state index >= 15 is 0 Å². The van der Waals surface area contributed by atoms with Gasteiger partial charge < -0.3 is 10.8 Å². The van der Waals surface area contributed by atoms with Crippen LogP contribution in [0.2, 0.25) is 0 Å². The fourth-order valence-corrected chi connectivity index (χ4v) is 3.49. The van der Waals surface area contributed by atoms with Crippen LogP contribution in [0.5, 0.6) is 0 Å². The zero-order chi connectivity index (χ0) is 14.5. The van der Waals surface area contributed by atoms with Gasteiger partial charge in [-0.3, -0.25) is 13.9 Å². The number of carbonyl (C=O) groups is 1. The van der Waals surface area contributed by atoms with Crippen molar-refractivity contribution in [1.82, 2.24) is 9.72 Å². The average molecular weight is 301 g/mol. The molecule has 3 N–H and O–H groups in total. The number of nitrogens with zero attached hydrogens (tertiary/aromatic N) is 2. The van der Waals surface area contributed by atoms with Gasteiger partial charge in [-0.15, -0.1) is 0 Å². The lowest BCUT2D eigenvalue weighted by Gasteiger charge is -2.15. The molecule has 1 aliphatic rings. The lowest BCUT2D eigenvalue weighted by molar-refractivity contribution is -0.138. The molecular formula is C12H19N3O4S. The summed E-state index contributed by atoms with van der Waals surface area (Å²) < 4.78 is 6.38. The van der Waals surface area contributed by atoms with E-state index in [2.05, 4.69) is 5.16 Å². The Labute approximate surface area is 120 Å². The molecule has 20 heavy (non-hydrogen) atoms. The summed E-state index contributed by atoms with van der Waals surface area (Å²) in [6.07, 6.45) is 4.20. The van der Waals surface area contributed by atoms with Gasteiger partial charge in [-0.05, 0) is 25.0 Å². The Morgan fingerprint density at radius 1 is 1.60 bits per heavy atom. The van der Waals surface area contributed by atoms with E-state index in [-0.39, 0.29) is 6.04 Å². The molecule has 112 valence electrons. The molecule has 0 saturated heterocycles. The van der Waals surface area contributed by atoms with Crippen molar-refractivity contribution in [2.24, 2.45) is 5.73 Å². The van der Waals surface area contributed by atoms with Crippen molar-refractivity contribution >= 4 is 17.7 Å². The summed E-state index contributed by atoms with van der Waals surface area (Å²) in [5.41, 5.74) is 5.45. The van der Waals surface area contributed by atoms with Gasteiger partial charge in [0.1, 0.15) is 6.04 Å². The Morgan fingerprint density at radius 2 is 2.40 bits per heavy atom. The lowest BCUT2D eigenvalue weighted by Crippen LogP contribution is -2.30. The largest absolute Gasteiger partial charge is 0.480 e. The first-order chi connectivity index (χ1) is 9.59. The van der Waals surface area contributed by atoms with Crippen LogP contribution in [-0.4, -0.2) is 38.3 Å². The molecule has 1 unspecified atom stereocenters. The number of rotatable bonds is 6. The number of aromatic nitrogens is 2. The fourth-order valence-electron chi connectivity index (χ4n) is 2.31. The maximum atomic E-state index is 11.7. The van der Waals surface area contributed by atoms with Gasteiger partial charge in [0, 0.05) is 12.2 Å². The van der Waals surface area contributed by atoms with Crippen molar-refractivity contribution in [2.75, 3.05) is 11.5 Å². The Bertz CT molecular complexity index is 513. The molecule has 0 amide bonds. The molecule has 0 spiro atoms. The highest BCUT2D eigenvalue weighted by molar-refractivity contribution is 7.99. The van der Waals surface area contributed by atoms with Crippen LogP contribution in [0.1, 0.15) is 37.5 Å². The first-order valence-corrected chi connectivity index (χ1v) is 7.88. The predicted octanol–water partition coefficient (Wildman–Crippen LogP) is 0.639. The van der Waals surface area contributed by atoms with E-state index in [0.29, 0.717) is 12.2 Å². The van der Waals surface area contributed by atoms with Gasteiger partial charge in [0.25, 0.3) is 0 Å².